The van der Waals surface area contributed by atoms with Crippen LogP contribution in [0.4, 0.5) is 0 Å². The van der Waals surface area contributed by atoms with E-state index in [1.807, 2.05) is 4.90 Å². The predicted molar refractivity (Wildman–Crippen MR) is 108 cm³/mol. The number of aryl methyl sites for hydroxylation is 1. The lowest BCUT2D eigenvalue weighted by atomic mass is 9.95. The van der Waals surface area contributed by atoms with Gasteiger partial charge in [0.25, 0.3) is 5.91 Å². The third-order valence-corrected chi connectivity index (χ3v) is 5.46. The van der Waals surface area contributed by atoms with Crippen LogP contribution in [-0.2, 0) is 0 Å². The predicted octanol–water partition coefficient (Wildman–Crippen LogP) is 3.91. The van der Waals surface area contributed by atoms with Crippen molar-refractivity contribution in [3.05, 3.63) is 53.3 Å². The van der Waals surface area contributed by atoms with Gasteiger partial charge in [0.05, 0.1) is 25.3 Å². The summed E-state index contributed by atoms with van der Waals surface area (Å²) in [5.41, 5.74) is 3.93. The Morgan fingerprint density at radius 3 is 2.54 bits per heavy atom. The third kappa shape index (κ3) is 3.42. The number of aromatic nitrogens is 2. The molecule has 146 valence electrons. The van der Waals surface area contributed by atoms with E-state index in [1.165, 1.54) is 5.56 Å². The smallest absolute Gasteiger partial charge is 0.253 e. The van der Waals surface area contributed by atoms with Crippen LogP contribution in [0.25, 0.3) is 11.0 Å². The average molecular weight is 379 g/mol. The summed E-state index contributed by atoms with van der Waals surface area (Å²) < 4.78 is 10.6. The number of hydrogen-bond acceptors (Lipinski definition) is 4. The quantitative estimate of drug-likeness (QED) is 0.746. The number of imidazole rings is 1. The summed E-state index contributed by atoms with van der Waals surface area (Å²) in [6.45, 7) is 3.51. The molecule has 1 aliphatic rings. The number of fused-ring (bicyclic) bond motifs is 1. The van der Waals surface area contributed by atoms with Gasteiger partial charge in [-0.25, -0.2) is 4.98 Å². The number of nitrogens with one attached hydrogen (secondary N) is 1. The highest BCUT2D eigenvalue weighted by atomic mass is 16.5. The molecule has 1 aliphatic heterocycles. The number of methoxy groups -OCH3 is 2. The second-order valence-corrected chi connectivity index (χ2v) is 7.28. The molecule has 0 unspecified atom stereocenters. The van der Waals surface area contributed by atoms with Gasteiger partial charge in [0.15, 0.2) is 11.5 Å². The standard InChI is InChI=1S/C22H25N3O3/c1-14-4-6-17-18(12-14)24-21(23-17)15-8-10-25(11-9-15)22(26)16-5-7-19(27-2)20(13-16)28-3/h4-7,12-13,15H,8-11H2,1-3H3,(H,23,24). The van der Waals surface area contributed by atoms with Crippen molar-refractivity contribution in [2.75, 3.05) is 27.3 Å². The summed E-state index contributed by atoms with van der Waals surface area (Å²) in [4.78, 5) is 23.0. The number of likely N-dealkylation sites (tertiary alicyclic amines) is 1. The molecule has 3 aromatic rings. The van der Waals surface area contributed by atoms with Gasteiger partial charge in [-0.05, 0) is 55.7 Å². The van der Waals surface area contributed by atoms with Crippen LogP contribution < -0.4 is 9.47 Å². The van der Waals surface area contributed by atoms with Crippen molar-refractivity contribution in [1.82, 2.24) is 14.9 Å². The second kappa shape index (κ2) is 7.54. The molecule has 4 rings (SSSR count). The van der Waals surface area contributed by atoms with Crippen LogP contribution in [0.3, 0.4) is 0 Å². The number of benzene rings is 2. The lowest BCUT2D eigenvalue weighted by molar-refractivity contribution is 0.0711. The minimum atomic E-state index is 0.0274. The van der Waals surface area contributed by atoms with Crippen LogP contribution >= 0.6 is 0 Å². The molecule has 0 spiro atoms. The van der Waals surface area contributed by atoms with E-state index in [0.29, 0.717) is 36.1 Å². The highest BCUT2D eigenvalue weighted by Crippen LogP contribution is 2.31. The number of hydrogen-bond donors (Lipinski definition) is 1. The first-order valence-electron chi connectivity index (χ1n) is 9.56. The summed E-state index contributed by atoms with van der Waals surface area (Å²) in [5.74, 6) is 2.60. The topological polar surface area (TPSA) is 67.5 Å². The number of carbonyl (C=O) groups excluding carboxylic acids is 1. The molecular formula is C22H25N3O3. The molecule has 1 N–H and O–H groups in total. The Bertz CT molecular complexity index is 1000. The van der Waals surface area contributed by atoms with Gasteiger partial charge in [0, 0.05) is 24.6 Å². The monoisotopic (exact) mass is 379 g/mol. The van der Waals surface area contributed by atoms with Crippen LogP contribution in [0.1, 0.15) is 40.5 Å². The highest BCUT2D eigenvalue weighted by molar-refractivity contribution is 5.95. The van der Waals surface area contributed by atoms with Crippen LogP contribution in [-0.4, -0.2) is 48.1 Å². The number of carbonyl (C=O) groups is 1. The van der Waals surface area contributed by atoms with Gasteiger partial charge in [-0.3, -0.25) is 4.79 Å². The molecule has 1 aromatic heterocycles. The van der Waals surface area contributed by atoms with E-state index in [0.717, 1.165) is 29.7 Å². The Kier molecular flexibility index (Phi) is 4.94. The molecule has 6 nitrogen and oxygen atoms in total. The Morgan fingerprint density at radius 2 is 1.82 bits per heavy atom. The van der Waals surface area contributed by atoms with Crippen LogP contribution in [0.5, 0.6) is 11.5 Å². The molecular weight excluding hydrogens is 354 g/mol. The number of aromatic amines is 1. The number of H-pyrrole nitrogens is 1. The Morgan fingerprint density at radius 1 is 1.07 bits per heavy atom. The van der Waals surface area contributed by atoms with Crippen molar-refractivity contribution in [3.8, 4) is 11.5 Å². The van der Waals surface area contributed by atoms with Gasteiger partial charge < -0.3 is 19.4 Å². The summed E-state index contributed by atoms with van der Waals surface area (Å²) >= 11 is 0. The number of piperidine rings is 1. The first kappa shape index (κ1) is 18.3. The molecule has 0 radical (unpaired) electrons. The molecule has 0 saturated carbocycles. The first-order valence-corrected chi connectivity index (χ1v) is 9.56. The lowest BCUT2D eigenvalue weighted by Gasteiger charge is -2.31. The summed E-state index contributed by atoms with van der Waals surface area (Å²) in [6, 6.07) is 11.6. The molecule has 1 saturated heterocycles. The van der Waals surface area contributed by atoms with E-state index in [-0.39, 0.29) is 5.91 Å². The van der Waals surface area contributed by atoms with Crippen molar-refractivity contribution in [2.45, 2.75) is 25.7 Å². The van der Waals surface area contributed by atoms with Crippen molar-refractivity contribution in [1.29, 1.82) is 0 Å². The fourth-order valence-electron chi connectivity index (χ4n) is 3.84. The number of amides is 1. The highest BCUT2D eigenvalue weighted by Gasteiger charge is 2.27. The molecule has 0 atom stereocenters. The molecule has 2 heterocycles. The molecule has 1 amide bonds. The van der Waals surface area contributed by atoms with Crippen molar-refractivity contribution >= 4 is 16.9 Å². The Hall–Kier alpha value is -3.02. The summed E-state index contributed by atoms with van der Waals surface area (Å²) in [6.07, 6.45) is 1.80. The zero-order valence-corrected chi connectivity index (χ0v) is 16.5. The van der Waals surface area contributed by atoms with Gasteiger partial charge in [-0.1, -0.05) is 6.07 Å². The van der Waals surface area contributed by atoms with E-state index in [9.17, 15) is 4.79 Å². The second-order valence-electron chi connectivity index (χ2n) is 7.28. The lowest BCUT2D eigenvalue weighted by Crippen LogP contribution is -2.38. The number of rotatable bonds is 4. The molecule has 0 bridgehead atoms. The molecule has 1 fully saturated rings. The van der Waals surface area contributed by atoms with Gasteiger partial charge in [-0.2, -0.15) is 0 Å². The zero-order chi connectivity index (χ0) is 19.7. The van der Waals surface area contributed by atoms with E-state index in [4.69, 9.17) is 14.5 Å². The Balaban J connectivity index is 1.45. The minimum Gasteiger partial charge on any atom is -0.493 e. The number of nitrogens with zero attached hydrogens (tertiary/aromatic N) is 2. The zero-order valence-electron chi connectivity index (χ0n) is 16.5. The van der Waals surface area contributed by atoms with Gasteiger partial charge >= 0.3 is 0 Å². The van der Waals surface area contributed by atoms with Gasteiger partial charge in [-0.15, -0.1) is 0 Å². The maximum atomic E-state index is 12.9. The van der Waals surface area contributed by atoms with Crippen LogP contribution in [0, 0.1) is 6.92 Å². The maximum absolute atomic E-state index is 12.9. The van der Waals surface area contributed by atoms with Crippen molar-refractivity contribution < 1.29 is 14.3 Å². The average Bonchev–Trinajstić information content (AvgIpc) is 3.16. The molecule has 28 heavy (non-hydrogen) atoms. The van der Waals surface area contributed by atoms with Gasteiger partial charge in [0.1, 0.15) is 5.82 Å². The molecule has 2 aromatic carbocycles. The first-order chi connectivity index (χ1) is 13.6. The normalized spacial score (nSPS) is 15.0. The van der Waals surface area contributed by atoms with Gasteiger partial charge in [0.2, 0.25) is 0 Å². The van der Waals surface area contributed by atoms with E-state index < -0.39 is 0 Å². The molecule has 6 heteroatoms. The fourth-order valence-corrected chi connectivity index (χ4v) is 3.84. The van der Waals surface area contributed by atoms with Crippen LogP contribution in [0.2, 0.25) is 0 Å². The largest absolute Gasteiger partial charge is 0.493 e. The molecule has 0 aliphatic carbocycles. The van der Waals surface area contributed by atoms with E-state index in [2.05, 4.69) is 30.1 Å². The minimum absolute atomic E-state index is 0.0274. The van der Waals surface area contributed by atoms with E-state index in [1.54, 1.807) is 32.4 Å². The van der Waals surface area contributed by atoms with E-state index >= 15 is 0 Å². The number of ether oxygens (including phenoxy) is 2. The Labute approximate surface area is 164 Å². The summed E-state index contributed by atoms with van der Waals surface area (Å²) in [7, 11) is 3.16. The third-order valence-electron chi connectivity index (χ3n) is 5.46. The van der Waals surface area contributed by atoms with Crippen LogP contribution in [0.15, 0.2) is 36.4 Å². The fraction of sp³-hybridized carbons (Fsp3) is 0.364. The van der Waals surface area contributed by atoms with Crippen molar-refractivity contribution in [2.24, 2.45) is 0 Å². The summed E-state index contributed by atoms with van der Waals surface area (Å²) in [5, 5.41) is 0. The van der Waals surface area contributed by atoms with Crippen molar-refractivity contribution in [3.63, 3.8) is 0 Å². The maximum Gasteiger partial charge on any atom is 0.253 e. The SMILES string of the molecule is COc1ccc(C(=O)N2CCC(c3nc4ccc(C)cc4[nH]3)CC2)cc1OC.